The lowest BCUT2D eigenvalue weighted by Gasteiger charge is -2.34. The summed E-state index contributed by atoms with van der Waals surface area (Å²) < 4.78 is 88.9. The van der Waals surface area contributed by atoms with Gasteiger partial charge in [0, 0.05) is 77.0 Å². The second-order valence-electron chi connectivity index (χ2n) is 18.2. The highest BCUT2D eigenvalue weighted by molar-refractivity contribution is 7.53. The van der Waals surface area contributed by atoms with Crippen molar-refractivity contribution in [3.63, 3.8) is 0 Å². The van der Waals surface area contributed by atoms with E-state index in [-0.39, 0.29) is 86.9 Å². The maximum atomic E-state index is 12.4. The molecule has 7 rings (SSSR count). The number of amides is 4. The number of carbonyl (C=O) groups excluding carboxylic acids is 4. The normalized spacial score (nSPS) is 12.1. The van der Waals surface area contributed by atoms with E-state index in [1.807, 2.05) is 44.3 Å². The summed E-state index contributed by atoms with van der Waals surface area (Å²) in [4.78, 5) is 74.8. The smallest absolute Gasteiger partial charge is 0.324 e. The molecule has 0 aliphatic carbocycles. The van der Waals surface area contributed by atoms with Crippen molar-refractivity contribution in [2.24, 2.45) is 7.05 Å². The van der Waals surface area contributed by atoms with Crippen LogP contribution in [0.1, 0.15) is 143 Å². The van der Waals surface area contributed by atoms with Gasteiger partial charge in [-0.05, 0) is 120 Å². The highest BCUT2D eigenvalue weighted by Crippen LogP contribution is 2.35. The summed E-state index contributed by atoms with van der Waals surface area (Å²) in [6, 6.07) is 21.3. The molecule has 1 aromatic heterocycles. The predicted molar refractivity (Wildman–Crippen MR) is 342 cm³/mol. The average molecular weight is 1290 g/mol. The molecule has 3 heterocycles. The molecule has 2 atom stereocenters. The van der Waals surface area contributed by atoms with E-state index in [0.717, 1.165) is 41.8 Å². The van der Waals surface area contributed by atoms with Gasteiger partial charge in [-0.2, -0.15) is 0 Å². The zero-order chi connectivity index (χ0) is 62.5. The van der Waals surface area contributed by atoms with Crippen molar-refractivity contribution < 1.29 is 74.4 Å². The molecule has 1 saturated heterocycles. The molecular weight excluding hydrogens is 1180 g/mol. The Kier molecular flexibility index (Phi) is 54.1. The number of benzene rings is 4. The van der Waals surface area contributed by atoms with E-state index in [1.54, 1.807) is 52.9 Å². The minimum atomic E-state index is -3.15. The van der Waals surface area contributed by atoms with Crippen LogP contribution in [0.15, 0.2) is 66.7 Å². The molecule has 2 aliphatic rings. The van der Waals surface area contributed by atoms with Crippen molar-refractivity contribution >= 4 is 64.0 Å². The Labute approximate surface area is 513 Å². The number of nitro groups is 1. The summed E-state index contributed by atoms with van der Waals surface area (Å²) in [5, 5.41) is 18.2. The fourth-order valence-corrected chi connectivity index (χ4v) is 8.73. The second kappa shape index (κ2) is 48.2. The number of nitro benzene ring substituents is 1. The van der Waals surface area contributed by atoms with Gasteiger partial charge < -0.3 is 19.2 Å². The third-order valence-corrected chi connectivity index (χ3v) is 13.7. The van der Waals surface area contributed by atoms with Crippen molar-refractivity contribution in [3.8, 4) is 0 Å². The number of aryl methyl sites for hydroxylation is 3. The molecule has 0 radical (unpaired) electrons. The second-order valence-corrected chi connectivity index (χ2v) is 23.2. The number of imide groups is 2. The molecule has 2 N–H and O–H groups in total. The maximum absolute atomic E-state index is 12.4. The van der Waals surface area contributed by atoms with Gasteiger partial charge in [0.05, 0.1) is 41.2 Å². The van der Waals surface area contributed by atoms with E-state index in [0.29, 0.717) is 41.6 Å². The zero-order valence-corrected chi connectivity index (χ0v) is 51.6. The average Bonchev–Trinajstić information content (AvgIpc) is 4.22. The lowest BCUT2D eigenvalue weighted by atomic mass is 10.1. The van der Waals surface area contributed by atoms with Crippen LogP contribution in [0, 0.1) is 60.0 Å². The Morgan fingerprint density at radius 3 is 1.36 bits per heavy atom. The minimum absolute atomic E-state index is 0. The number of fused-ring (bicyclic) bond motifs is 2. The maximum Gasteiger partial charge on any atom is 0.324 e. The van der Waals surface area contributed by atoms with E-state index in [2.05, 4.69) is 81.3 Å². The fourth-order valence-electron chi connectivity index (χ4n) is 6.88. The number of aromatic nitrogens is 3. The standard InChI is InChI=1S/C9H7NO2.C8H9NO2.C8H20NP.C7H3F5.C7H7N3.C6H15N.C5H7NO2.C2H7O3P.CH3O2P.6CH4/c1-10-8(11)6-4-2-3-5-7(6)9(10)12;1-6-3-4-7(2)8(5-6)9(10)11;1-7(2)9(8(3)4)10(5)6;1-2-3(8)5(10)7(12)6(11)4(2)9;1-10-7-5-3-2-4-6(7)8-9-10;1-4-7(5-2)6-3;1-6-4(7)2-3-5(6)8;1-5-6(2,3)4;1-4(2)3;;;;;;/h2-5H,1H3;3-5H,1-2H3;7-8H,1-6H3;1H3;2-5H,1H3;4-6H2,1-3H3;2-3H2,1H3;1-2H3,(H,3,4);1H3;6*1H4/p+1. The van der Waals surface area contributed by atoms with Gasteiger partial charge in [0.25, 0.3) is 17.5 Å². The van der Waals surface area contributed by atoms with Crippen LogP contribution in [0.25, 0.3) is 11.0 Å². The summed E-state index contributed by atoms with van der Waals surface area (Å²) >= 11 is 0. The summed E-state index contributed by atoms with van der Waals surface area (Å²) in [7, 11) is 0.905. The number of likely N-dealkylation sites (tertiary alicyclic amines) is 1. The first-order valence-corrected chi connectivity index (χ1v) is 30.7. The number of para-hydroxylation sites is 1. The van der Waals surface area contributed by atoms with Crippen molar-refractivity contribution in [2.45, 2.75) is 139 Å². The van der Waals surface area contributed by atoms with E-state index in [4.69, 9.17) is 14.4 Å². The van der Waals surface area contributed by atoms with Gasteiger partial charge in [-0.3, -0.25) is 48.3 Å². The summed E-state index contributed by atoms with van der Waals surface area (Å²) in [5.74, 6) is -10.1. The Bertz CT molecular complexity index is 2670. The van der Waals surface area contributed by atoms with E-state index < -0.39 is 50.3 Å². The van der Waals surface area contributed by atoms with Gasteiger partial charge in [0.15, 0.2) is 23.3 Å². The number of hydrogen-bond acceptors (Lipinski definition) is 13. The number of nitrogens with one attached hydrogen (secondary N) is 1. The molecule has 0 spiro atoms. The van der Waals surface area contributed by atoms with Crippen LogP contribution in [0.5, 0.6) is 0 Å². The van der Waals surface area contributed by atoms with E-state index >= 15 is 0 Å². The molecule has 0 bridgehead atoms. The number of rotatable bonds is 8. The highest BCUT2D eigenvalue weighted by Gasteiger charge is 2.32. The van der Waals surface area contributed by atoms with Crippen LogP contribution in [0.3, 0.4) is 0 Å². The third-order valence-electron chi connectivity index (χ3n) is 11.2. The van der Waals surface area contributed by atoms with Gasteiger partial charge in [-0.1, -0.05) is 90.7 Å². The Hall–Kier alpha value is -5.83. The summed E-state index contributed by atoms with van der Waals surface area (Å²) in [6.07, 6.45) is 0.796. The Morgan fingerprint density at radius 2 is 1.09 bits per heavy atom. The lowest BCUT2D eigenvalue weighted by Crippen LogP contribution is -3.11. The van der Waals surface area contributed by atoms with Gasteiger partial charge in [0.1, 0.15) is 12.2 Å². The molecular formula is C59H103F5N8O11P3+. The fraction of sp³-hybridized carbons (Fsp3) is 0.525. The van der Waals surface area contributed by atoms with Gasteiger partial charge in [-0.25, -0.2) is 26.6 Å². The minimum Gasteiger partial charge on any atom is -0.596 e. The third kappa shape index (κ3) is 34.5. The highest BCUT2D eigenvalue weighted by atomic mass is 31.2. The number of halogens is 5. The number of nitrogens with zero attached hydrogens (tertiary/aromatic N) is 7. The number of hydrogen-bond donors (Lipinski definition) is 2. The van der Waals surface area contributed by atoms with Crippen molar-refractivity contribution in [1.29, 1.82) is 0 Å². The zero-order valence-electron chi connectivity index (χ0n) is 48.9. The van der Waals surface area contributed by atoms with Crippen molar-refractivity contribution in [3.05, 3.63) is 134 Å². The van der Waals surface area contributed by atoms with Crippen LogP contribution in [-0.4, -0.2) is 142 Å². The number of carbonyl (C=O) groups is 4. The van der Waals surface area contributed by atoms with Crippen molar-refractivity contribution in [2.75, 3.05) is 67.5 Å². The summed E-state index contributed by atoms with van der Waals surface area (Å²) in [5.41, 5.74) is 3.99. The first-order chi connectivity index (χ1) is 37.0. The predicted octanol–water partition coefficient (Wildman–Crippen LogP) is 13.2. The molecule has 4 amide bonds. The molecule has 27 heteroatoms. The van der Waals surface area contributed by atoms with Crippen LogP contribution >= 0.6 is 23.7 Å². The molecule has 4 aromatic carbocycles. The molecule has 19 nitrogen and oxygen atoms in total. The van der Waals surface area contributed by atoms with Gasteiger partial charge in [-0.15, -0.1) is 5.10 Å². The van der Waals surface area contributed by atoms with Crippen LogP contribution in [0.4, 0.5) is 27.6 Å². The van der Waals surface area contributed by atoms with E-state index in [9.17, 15) is 55.8 Å². The first-order valence-electron chi connectivity index (χ1n) is 24.9. The van der Waals surface area contributed by atoms with Crippen LogP contribution in [0.2, 0.25) is 0 Å². The van der Waals surface area contributed by atoms with Crippen LogP contribution < -0.4 is 9.79 Å². The SMILES string of the molecule is C.C.C.C.C.C.CC(C)N(C(C)C)P(C)C.CC[NH+](CC)CC.CN1C(=O)CCC1=O.CN1C(=O)c2ccccc2C1=O.COP(C)(=O)O.C[P+](=O)[O-].Cc1c(F)c(F)c(F)c(F)c1F.Cc1ccc(C)c([N+](=O)[O-])c1.Cn1nnc2ccccc21. The van der Waals surface area contributed by atoms with Crippen LogP contribution in [-0.2, 0) is 30.3 Å². The van der Waals surface area contributed by atoms with Gasteiger partial charge >= 0.3 is 15.6 Å². The van der Waals surface area contributed by atoms with Gasteiger partial charge in [0.2, 0.25) is 17.6 Å². The summed E-state index contributed by atoms with van der Waals surface area (Å²) in [6.45, 7) is 30.8. The quantitative estimate of drug-likeness (QED) is 0.0279. The molecule has 1 fully saturated rings. The lowest BCUT2D eigenvalue weighted by molar-refractivity contribution is -0.894. The molecule has 5 aromatic rings. The van der Waals surface area contributed by atoms with Crippen molar-refractivity contribution in [1.82, 2.24) is 29.5 Å². The molecule has 2 unspecified atom stereocenters. The first kappa shape index (κ1) is 96.5. The number of quaternary nitrogens is 1. The molecule has 86 heavy (non-hydrogen) atoms. The topological polar surface area (TPSA) is 243 Å². The molecule has 2 aliphatic heterocycles. The Balaban J connectivity index is -0.000000133. The molecule has 0 saturated carbocycles. The largest absolute Gasteiger partial charge is 0.596 e. The molecule has 494 valence electrons. The Morgan fingerprint density at radius 1 is 0.733 bits per heavy atom. The monoisotopic (exact) mass is 1290 g/mol. The van der Waals surface area contributed by atoms with E-state index in [1.165, 1.54) is 45.7 Å².